The number of hydrogen-bond acceptors (Lipinski definition) is 5. The van der Waals surface area contributed by atoms with E-state index in [9.17, 15) is 16.8 Å². The molecule has 0 aliphatic carbocycles. The molecule has 0 N–H and O–H groups in total. The molecule has 1 atom stereocenters. The van der Waals surface area contributed by atoms with Gasteiger partial charge in [0, 0.05) is 42.0 Å². The van der Waals surface area contributed by atoms with E-state index in [4.69, 9.17) is 11.6 Å². The maximum absolute atomic E-state index is 13.4. The summed E-state index contributed by atoms with van der Waals surface area (Å²) in [6.45, 7) is 9.50. The van der Waals surface area contributed by atoms with E-state index >= 15 is 0 Å². The molecular formula is C22H28ClN3O4S2. The van der Waals surface area contributed by atoms with Gasteiger partial charge < -0.3 is 0 Å². The highest BCUT2D eigenvalue weighted by atomic mass is 35.5. The Bertz CT molecular complexity index is 1340. The van der Waals surface area contributed by atoms with E-state index in [-0.39, 0.29) is 16.5 Å². The van der Waals surface area contributed by atoms with Crippen molar-refractivity contribution in [3.8, 4) is 11.1 Å². The molecule has 3 rings (SSSR count). The van der Waals surface area contributed by atoms with Crippen molar-refractivity contribution < 1.29 is 16.8 Å². The summed E-state index contributed by atoms with van der Waals surface area (Å²) in [4.78, 5) is 4.39. The van der Waals surface area contributed by atoms with Gasteiger partial charge in [-0.2, -0.15) is 4.31 Å². The maximum Gasteiger partial charge on any atom is 0.243 e. The summed E-state index contributed by atoms with van der Waals surface area (Å²) in [5, 5.41) is 0.0171. The van der Waals surface area contributed by atoms with Gasteiger partial charge >= 0.3 is 0 Å². The first kappa shape index (κ1) is 24.7. The molecule has 0 aliphatic rings. The summed E-state index contributed by atoms with van der Waals surface area (Å²) in [6.07, 6.45) is 2.88. The summed E-state index contributed by atoms with van der Waals surface area (Å²) in [6, 6.07) is 8.13. The maximum atomic E-state index is 13.4. The molecule has 10 heteroatoms. The normalized spacial score (nSPS) is 13.9. The molecule has 2 aromatic heterocycles. The van der Waals surface area contributed by atoms with Crippen LogP contribution in [0.4, 0.5) is 0 Å². The molecule has 0 unspecified atom stereocenters. The molecular weight excluding hydrogens is 470 g/mol. The topological polar surface area (TPSA) is 89.3 Å². The van der Waals surface area contributed by atoms with Gasteiger partial charge in [-0.15, -0.1) is 0 Å². The van der Waals surface area contributed by atoms with Gasteiger partial charge in [0.1, 0.15) is 0 Å². The second-order valence-corrected chi connectivity index (χ2v) is 12.4. The first-order valence-electron chi connectivity index (χ1n) is 10.5. The summed E-state index contributed by atoms with van der Waals surface area (Å²) < 4.78 is 56.0. The summed E-state index contributed by atoms with van der Waals surface area (Å²) in [5.74, 6) is -0.129. The minimum atomic E-state index is -3.81. The first-order valence-corrected chi connectivity index (χ1v) is 13.8. The van der Waals surface area contributed by atoms with Gasteiger partial charge in [0.25, 0.3) is 0 Å². The molecule has 174 valence electrons. The third-order valence-electron chi connectivity index (χ3n) is 5.79. The van der Waals surface area contributed by atoms with E-state index in [0.29, 0.717) is 34.6 Å². The molecule has 3 aromatic rings. The number of hydrogen-bond donors (Lipinski definition) is 0. The molecule has 2 heterocycles. The predicted octanol–water partition coefficient (Wildman–Crippen LogP) is 4.61. The van der Waals surface area contributed by atoms with E-state index in [2.05, 4.69) is 4.98 Å². The van der Waals surface area contributed by atoms with Gasteiger partial charge in [0.05, 0.1) is 15.2 Å². The third-order valence-corrected chi connectivity index (χ3v) is 10.5. The molecule has 32 heavy (non-hydrogen) atoms. The van der Waals surface area contributed by atoms with Crippen LogP contribution in [-0.2, 0) is 20.0 Å². The van der Waals surface area contributed by atoms with Crippen LogP contribution < -0.4 is 0 Å². The standard InChI is InChI=1S/C22H28ClN3O4S2/c1-6-25(7-2)32(29,30)20-11-9-8-10-17(20)18-14-26(31(27,28)16(5)15(3)4)22-21(18)19(23)12-13-24-22/h8-16H,6-7H2,1-5H3/t16-/m0/s1. The quantitative estimate of drug-likeness (QED) is 0.453. The van der Waals surface area contributed by atoms with E-state index in [0.717, 1.165) is 3.97 Å². The number of pyridine rings is 1. The highest BCUT2D eigenvalue weighted by Crippen LogP contribution is 2.39. The number of benzene rings is 1. The molecule has 0 aliphatic heterocycles. The van der Waals surface area contributed by atoms with E-state index in [1.54, 1.807) is 45.0 Å². The summed E-state index contributed by atoms with van der Waals surface area (Å²) in [5.41, 5.74) is 0.962. The second-order valence-electron chi connectivity index (χ2n) is 7.91. The number of fused-ring (bicyclic) bond motifs is 1. The van der Waals surface area contributed by atoms with Gasteiger partial charge in [-0.05, 0) is 25.0 Å². The molecule has 7 nitrogen and oxygen atoms in total. The average molecular weight is 498 g/mol. The van der Waals surface area contributed by atoms with Gasteiger partial charge in [-0.25, -0.2) is 25.8 Å². The van der Waals surface area contributed by atoms with Crippen molar-refractivity contribution in [2.75, 3.05) is 13.1 Å². The van der Waals surface area contributed by atoms with Crippen molar-refractivity contribution in [1.82, 2.24) is 13.3 Å². The number of halogens is 1. The molecule has 0 saturated carbocycles. The Morgan fingerprint density at radius 2 is 1.62 bits per heavy atom. The fourth-order valence-electron chi connectivity index (χ4n) is 3.63. The Hall–Kier alpha value is -1.94. The number of nitrogens with zero attached hydrogens (tertiary/aromatic N) is 3. The van der Waals surface area contributed by atoms with Crippen LogP contribution in [0.1, 0.15) is 34.6 Å². The lowest BCUT2D eigenvalue weighted by Gasteiger charge is -2.20. The molecule has 0 bridgehead atoms. The Labute approximate surface area is 195 Å². The van der Waals surface area contributed by atoms with Crippen molar-refractivity contribution in [2.24, 2.45) is 5.92 Å². The second kappa shape index (κ2) is 9.13. The molecule has 0 fully saturated rings. The molecule has 0 amide bonds. The Morgan fingerprint density at radius 1 is 1.00 bits per heavy atom. The number of aromatic nitrogens is 2. The van der Waals surface area contributed by atoms with Crippen LogP contribution in [0.15, 0.2) is 47.6 Å². The van der Waals surface area contributed by atoms with Crippen molar-refractivity contribution in [2.45, 2.75) is 44.8 Å². The van der Waals surface area contributed by atoms with Gasteiger partial charge in [-0.1, -0.05) is 57.5 Å². The van der Waals surface area contributed by atoms with Crippen molar-refractivity contribution >= 4 is 42.7 Å². The summed E-state index contributed by atoms with van der Waals surface area (Å²) in [7, 11) is -7.61. The van der Waals surface area contributed by atoms with E-state index in [1.807, 2.05) is 13.8 Å². The monoisotopic (exact) mass is 497 g/mol. The van der Waals surface area contributed by atoms with Crippen LogP contribution >= 0.6 is 11.6 Å². The zero-order valence-corrected chi connectivity index (χ0v) is 21.2. The predicted molar refractivity (Wildman–Crippen MR) is 129 cm³/mol. The fourth-order valence-corrected chi connectivity index (χ4v) is 7.21. The molecule has 0 radical (unpaired) electrons. The number of sulfonamides is 1. The zero-order chi connectivity index (χ0) is 23.8. The highest BCUT2D eigenvalue weighted by molar-refractivity contribution is 7.90. The van der Waals surface area contributed by atoms with E-state index < -0.39 is 25.3 Å². The first-order chi connectivity index (χ1) is 15.0. The van der Waals surface area contributed by atoms with Gasteiger partial charge in [0.15, 0.2) is 5.65 Å². The highest BCUT2D eigenvalue weighted by Gasteiger charge is 2.31. The van der Waals surface area contributed by atoms with Crippen LogP contribution in [0.5, 0.6) is 0 Å². The van der Waals surface area contributed by atoms with E-state index in [1.165, 1.54) is 22.8 Å². The van der Waals surface area contributed by atoms with Crippen LogP contribution in [-0.4, -0.2) is 48.4 Å². The van der Waals surface area contributed by atoms with Crippen molar-refractivity contribution in [1.29, 1.82) is 0 Å². The minimum Gasteiger partial charge on any atom is -0.237 e. The van der Waals surface area contributed by atoms with Crippen molar-refractivity contribution in [3.05, 3.63) is 47.7 Å². The largest absolute Gasteiger partial charge is 0.243 e. The SMILES string of the molecule is CCN(CC)S(=O)(=O)c1ccccc1-c1cn(S(=O)(=O)[C@@H](C)C(C)C)c2nccc(Cl)c12. The lowest BCUT2D eigenvalue weighted by atomic mass is 10.1. The van der Waals surface area contributed by atoms with Crippen LogP contribution in [0.2, 0.25) is 5.02 Å². The minimum absolute atomic E-state index is 0.0944. The summed E-state index contributed by atoms with van der Waals surface area (Å²) >= 11 is 6.49. The van der Waals surface area contributed by atoms with Gasteiger partial charge in [-0.3, -0.25) is 0 Å². The Kier molecular flexibility index (Phi) is 7.05. The molecule has 1 aromatic carbocycles. The Morgan fingerprint density at radius 3 is 2.22 bits per heavy atom. The van der Waals surface area contributed by atoms with Gasteiger partial charge in [0.2, 0.25) is 20.0 Å². The lowest BCUT2D eigenvalue weighted by molar-refractivity contribution is 0.445. The zero-order valence-electron chi connectivity index (χ0n) is 18.8. The fraction of sp³-hybridized carbons (Fsp3) is 0.409. The third kappa shape index (κ3) is 4.07. The average Bonchev–Trinajstić information content (AvgIpc) is 3.15. The lowest BCUT2D eigenvalue weighted by Crippen LogP contribution is -2.31. The Balaban J connectivity index is 2.39. The van der Waals surface area contributed by atoms with Crippen LogP contribution in [0, 0.1) is 5.92 Å². The molecule has 0 spiro atoms. The molecule has 0 saturated heterocycles. The van der Waals surface area contributed by atoms with Crippen molar-refractivity contribution in [3.63, 3.8) is 0 Å². The smallest absolute Gasteiger partial charge is 0.237 e. The van der Waals surface area contributed by atoms with Crippen LogP contribution in [0.25, 0.3) is 22.2 Å². The number of rotatable bonds is 8. The van der Waals surface area contributed by atoms with Crippen LogP contribution in [0.3, 0.4) is 0 Å².